The summed E-state index contributed by atoms with van der Waals surface area (Å²) >= 11 is 12.2. The van der Waals surface area contributed by atoms with Gasteiger partial charge in [0.25, 0.3) is 0 Å². The van der Waals surface area contributed by atoms with Crippen molar-refractivity contribution in [1.82, 2.24) is 4.90 Å². The smallest absolute Gasteiger partial charge is 0.222 e. The van der Waals surface area contributed by atoms with E-state index in [1.54, 1.807) is 12.1 Å². The molecule has 3 rings (SSSR count). The van der Waals surface area contributed by atoms with Gasteiger partial charge in [0.15, 0.2) is 0 Å². The van der Waals surface area contributed by atoms with E-state index in [1.165, 1.54) is 0 Å². The minimum atomic E-state index is 0.0884. The Labute approximate surface area is 115 Å². The van der Waals surface area contributed by atoms with E-state index in [0.717, 1.165) is 12.8 Å². The number of phenolic OH excluding ortho intramolecular Hbond substituents is 1. The quantitative estimate of drug-likeness (QED) is 0.861. The SMILES string of the molecule is O=C1CC[C@@H]2C[C@H](c3c(O)ccc(Cl)c3Cl)CN12. The highest BCUT2D eigenvalue weighted by Gasteiger charge is 2.41. The van der Waals surface area contributed by atoms with Crippen LogP contribution >= 0.6 is 23.2 Å². The number of hydrogen-bond acceptors (Lipinski definition) is 2. The average molecular weight is 286 g/mol. The average Bonchev–Trinajstić information content (AvgIpc) is 2.88. The Balaban J connectivity index is 1.94. The number of halogens is 2. The monoisotopic (exact) mass is 285 g/mol. The van der Waals surface area contributed by atoms with Gasteiger partial charge in [0.2, 0.25) is 5.91 Å². The number of nitrogens with zero attached hydrogens (tertiary/aromatic N) is 1. The first-order valence-corrected chi connectivity index (χ1v) is 6.80. The van der Waals surface area contributed by atoms with Crippen LogP contribution in [-0.2, 0) is 4.79 Å². The maximum Gasteiger partial charge on any atom is 0.222 e. The van der Waals surface area contributed by atoms with Crippen molar-refractivity contribution in [1.29, 1.82) is 0 Å². The number of fused-ring (bicyclic) bond motifs is 1. The van der Waals surface area contributed by atoms with Crippen molar-refractivity contribution in [2.75, 3.05) is 6.54 Å². The molecule has 1 N–H and O–H groups in total. The van der Waals surface area contributed by atoms with E-state index >= 15 is 0 Å². The Morgan fingerprint density at radius 3 is 2.83 bits per heavy atom. The van der Waals surface area contributed by atoms with Crippen LogP contribution in [0.1, 0.15) is 30.7 Å². The molecule has 2 fully saturated rings. The molecule has 2 heterocycles. The van der Waals surface area contributed by atoms with Gasteiger partial charge in [0.05, 0.1) is 10.0 Å². The van der Waals surface area contributed by atoms with Gasteiger partial charge in [-0.15, -0.1) is 0 Å². The van der Waals surface area contributed by atoms with Crippen LogP contribution in [0.4, 0.5) is 0 Å². The molecule has 0 saturated carbocycles. The van der Waals surface area contributed by atoms with Crippen LogP contribution in [0.15, 0.2) is 12.1 Å². The fourth-order valence-corrected chi connectivity index (χ4v) is 3.56. The summed E-state index contributed by atoms with van der Waals surface area (Å²) in [5.74, 6) is 0.466. The van der Waals surface area contributed by atoms with E-state index in [4.69, 9.17) is 23.2 Å². The van der Waals surface area contributed by atoms with Crippen molar-refractivity contribution >= 4 is 29.1 Å². The minimum Gasteiger partial charge on any atom is -0.508 e. The van der Waals surface area contributed by atoms with E-state index in [0.29, 0.717) is 34.6 Å². The van der Waals surface area contributed by atoms with Crippen LogP contribution in [0.5, 0.6) is 5.75 Å². The number of carbonyl (C=O) groups excluding carboxylic acids is 1. The van der Waals surface area contributed by atoms with E-state index in [2.05, 4.69) is 0 Å². The Kier molecular flexibility index (Phi) is 2.91. The lowest BCUT2D eigenvalue weighted by molar-refractivity contribution is -0.127. The lowest BCUT2D eigenvalue weighted by Crippen LogP contribution is -2.27. The van der Waals surface area contributed by atoms with E-state index < -0.39 is 0 Å². The molecule has 2 aliphatic heterocycles. The molecule has 0 unspecified atom stereocenters. The molecule has 18 heavy (non-hydrogen) atoms. The second kappa shape index (κ2) is 4.32. The summed E-state index contributed by atoms with van der Waals surface area (Å²) in [6, 6.07) is 3.45. The fraction of sp³-hybridized carbons (Fsp3) is 0.462. The molecule has 1 aromatic carbocycles. The van der Waals surface area contributed by atoms with Gasteiger partial charge in [-0.25, -0.2) is 0 Å². The number of benzene rings is 1. The highest BCUT2D eigenvalue weighted by molar-refractivity contribution is 6.42. The Morgan fingerprint density at radius 1 is 1.33 bits per heavy atom. The van der Waals surface area contributed by atoms with E-state index in [1.807, 2.05) is 4.90 Å². The summed E-state index contributed by atoms with van der Waals surface area (Å²) in [5, 5.41) is 10.8. The first-order valence-electron chi connectivity index (χ1n) is 6.04. The third kappa shape index (κ3) is 1.77. The number of carbonyl (C=O) groups is 1. The van der Waals surface area contributed by atoms with Crippen LogP contribution in [0.2, 0.25) is 10.0 Å². The largest absolute Gasteiger partial charge is 0.508 e. The fourth-order valence-electron chi connectivity index (χ4n) is 3.08. The highest BCUT2D eigenvalue weighted by atomic mass is 35.5. The molecule has 5 heteroatoms. The maximum atomic E-state index is 11.7. The summed E-state index contributed by atoms with van der Waals surface area (Å²) < 4.78 is 0. The van der Waals surface area contributed by atoms with Gasteiger partial charge in [0.1, 0.15) is 5.75 Å². The summed E-state index contributed by atoms with van der Waals surface area (Å²) in [4.78, 5) is 13.6. The molecule has 2 atom stereocenters. The number of aromatic hydroxyl groups is 1. The zero-order valence-corrected chi connectivity index (χ0v) is 11.2. The Bertz CT molecular complexity index is 518. The molecular formula is C13H13Cl2NO2. The number of phenols is 1. The van der Waals surface area contributed by atoms with Gasteiger partial charge < -0.3 is 10.0 Å². The number of amides is 1. The lowest BCUT2D eigenvalue weighted by Gasteiger charge is -2.16. The van der Waals surface area contributed by atoms with Crippen molar-refractivity contribution < 1.29 is 9.90 Å². The third-order valence-corrected chi connectivity index (χ3v) is 4.76. The summed E-state index contributed by atoms with van der Waals surface area (Å²) in [6.07, 6.45) is 2.42. The molecule has 2 aliphatic rings. The zero-order valence-electron chi connectivity index (χ0n) is 9.70. The molecule has 1 amide bonds. The Morgan fingerprint density at radius 2 is 2.11 bits per heavy atom. The second-order valence-corrected chi connectivity index (χ2v) is 5.75. The molecule has 0 spiro atoms. The first-order chi connectivity index (χ1) is 8.58. The standard InChI is InChI=1S/C13H13Cl2NO2/c14-9-2-3-10(17)12(13(9)15)7-5-8-1-4-11(18)16(8)6-7/h2-3,7-8,17H,1,4-6H2/t7-,8+/m0/s1. The van der Waals surface area contributed by atoms with Crippen molar-refractivity contribution in [3.05, 3.63) is 27.7 Å². The van der Waals surface area contributed by atoms with Crippen molar-refractivity contribution in [3.63, 3.8) is 0 Å². The van der Waals surface area contributed by atoms with Crippen LogP contribution in [0, 0.1) is 0 Å². The van der Waals surface area contributed by atoms with Gasteiger partial charge in [-0.1, -0.05) is 23.2 Å². The third-order valence-electron chi connectivity index (χ3n) is 3.94. The van der Waals surface area contributed by atoms with Crippen molar-refractivity contribution in [3.8, 4) is 5.75 Å². The predicted molar refractivity (Wildman–Crippen MR) is 70.2 cm³/mol. The zero-order chi connectivity index (χ0) is 12.9. The van der Waals surface area contributed by atoms with Gasteiger partial charge in [-0.3, -0.25) is 4.79 Å². The Hall–Kier alpha value is -0.930. The molecule has 0 bridgehead atoms. The molecule has 2 saturated heterocycles. The number of hydrogen-bond donors (Lipinski definition) is 1. The van der Waals surface area contributed by atoms with Gasteiger partial charge in [0, 0.05) is 30.5 Å². The van der Waals surface area contributed by atoms with Crippen LogP contribution in [0.25, 0.3) is 0 Å². The summed E-state index contributed by atoms with van der Waals surface area (Å²) in [6.45, 7) is 0.636. The van der Waals surface area contributed by atoms with Crippen molar-refractivity contribution in [2.45, 2.75) is 31.2 Å². The van der Waals surface area contributed by atoms with Gasteiger partial charge >= 0.3 is 0 Å². The number of rotatable bonds is 1. The van der Waals surface area contributed by atoms with E-state index in [-0.39, 0.29) is 17.6 Å². The van der Waals surface area contributed by atoms with E-state index in [9.17, 15) is 9.90 Å². The summed E-state index contributed by atoms with van der Waals surface area (Å²) in [7, 11) is 0. The molecule has 0 aliphatic carbocycles. The molecular weight excluding hydrogens is 273 g/mol. The van der Waals surface area contributed by atoms with Crippen molar-refractivity contribution in [2.24, 2.45) is 0 Å². The maximum absolute atomic E-state index is 11.7. The lowest BCUT2D eigenvalue weighted by atomic mass is 9.94. The van der Waals surface area contributed by atoms with Gasteiger partial charge in [-0.05, 0) is 25.0 Å². The second-order valence-electron chi connectivity index (χ2n) is 4.97. The summed E-state index contributed by atoms with van der Waals surface area (Å²) in [5.41, 5.74) is 0.686. The predicted octanol–water partition coefficient (Wildman–Crippen LogP) is 3.18. The van der Waals surface area contributed by atoms with Crippen LogP contribution in [-0.4, -0.2) is 28.5 Å². The molecule has 1 aromatic rings. The molecule has 0 radical (unpaired) electrons. The highest BCUT2D eigenvalue weighted by Crippen LogP contribution is 2.45. The molecule has 0 aromatic heterocycles. The minimum absolute atomic E-state index is 0.0884. The molecule has 96 valence electrons. The topological polar surface area (TPSA) is 40.5 Å². The molecule has 3 nitrogen and oxygen atoms in total. The van der Waals surface area contributed by atoms with Crippen LogP contribution < -0.4 is 0 Å². The first kappa shape index (κ1) is 12.1. The normalized spacial score (nSPS) is 26.8. The van der Waals surface area contributed by atoms with Crippen LogP contribution in [0.3, 0.4) is 0 Å². The van der Waals surface area contributed by atoms with Gasteiger partial charge in [-0.2, -0.15) is 0 Å².